The van der Waals surface area contributed by atoms with Crippen LogP contribution in [0.15, 0.2) is 48.5 Å². The van der Waals surface area contributed by atoms with Gasteiger partial charge in [-0.25, -0.2) is 14.6 Å². The van der Waals surface area contributed by atoms with Crippen molar-refractivity contribution in [3.8, 4) is 11.1 Å². The highest BCUT2D eigenvalue weighted by Gasteiger charge is 2.42. The maximum absolute atomic E-state index is 12.8. The summed E-state index contributed by atoms with van der Waals surface area (Å²) in [5, 5.41) is 12.4. The van der Waals surface area contributed by atoms with Crippen LogP contribution in [0.3, 0.4) is 0 Å². The van der Waals surface area contributed by atoms with Crippen molar-refractivity contribution >= 4 is 23.9 Å². The number of nitrogens with zero attached hydrogens (tertiary/aromatic N) is 1. The highest BCUT2D eigenvalue weighted by atomic mass is 16.5. The lowest BCUT2D eigenvalue weighted by atomic mass is 9.98. The molecular weight excluding hydrogens is 430 g/mol. The zero-order valence-corrected chi connectivity index (χ0v) is 17.8. The number of ether oxygens (including phenoxy) is 2. The van der Waals surface area contributed by atoms with Gasteiger partial charge in [0.15, 0.2) is 6.04 Å². The van der Waals surface area contributed by atoms with Gasteiger partial charge in [0.05, 0.1) is 13.0 Å². The van der Waals surface area contributed by atoms with E-state index < -0.39 is 36.0 Å². The van der Waals surface area contributed by atoms with Crippen LogP contribution in [0.5, 0.6) is 0 Å². The lowest BCUT2D eigenvalue weighted by molar-refractivity contribution is -0.152. The Hall–Kier alpha value is -3.92. The molecule has 4 rings (SSSR count). The van der Waals surface area contributed by atoms with Crippen LogP contribution in [-0.2, 0) is 23.9 Å². The second kappa shape index (κ2) is 9.29. The van der Waals surface area contributed by atoms with Crippen LogP contribution < -0.4 is 10.7 Å². The molecule has 1 heterocycles. The number of aliphatic carboxylic acids is 1. The fraction of sp³-hybridized carbons (Fsp3) is 0.304. The number of fused-ring (bicyclic) bond motifs is 3. The van der Waals surface area contributed by atoms with Gasteiger partial charge in [-0.2, -0.15) is 0 Å². The van der Waals surface area contributed by atoms with Crippen molar-refractivity contribution in [2.75, 3.05) is 20.3 Å². The van der Waals surface area contributed by atoms with Crippen LogP contribution in [-0.4, -0.2) is 66.4 Å². The molecule has 0 radical (unpaired) electrons. The van der Waals surface area contributed by atoms with Gasteiger partial charge in [-0.3, -0.25) is 15.0 Å². The van der Waals surface area contributed by atoms with Crippen molar-refractivity contribution in [2.24, 2.45) is 0 Å². The van der Waals surface area contributed by atoms with Gasteiger partial charge in [0.2, 0.25) is 5.91 Å². The third kappa shape index (κ3) is 4.37. The van der Waals surface area contributed by atoms with Crippen LogP contribution in [0.4, 0.5) is 4.79 Å². The van der Waals surface area contributed by atoms with Crippen molar-refractivity contribution in [1.29, 1.82) is 0 Å². The van der Waals surface area contributed by atoms with Crippen molar-refractivity contribution in [2.45, 2.75) is 24.4 Å². The molecule has 1 saturated heterocycles. The smallest absolute Gasteiger partial charge is 0.407 e. The fourth-order valence-corrected chi connectivity index (χ4v) is 4.22. The molecule has 10 heteroatoms. The Morgan fingerprint density at radius 1 is 1.12 bits per heavy atom. The van der Waals surface area contributed by atoms with Crippen LogP contribution >= 0.6 is 0 Å². The van der Waals surface area contributed by atoms with Gasteiger partial charge >= 0.3 is 12.1 Å². The Kier molecular flexibility index (Phi) is 6.27. The van der Waals surface area contributed by atoms with Gasteiger partial charge in [-0.05, 0) is 22.3 Å². The predicted octanol–water partition coefficient (Wildman–Crippen LogP) is 1.26. The number of hydrazine groups is 1. The molecule has 1 fully saturated rings. The summed E-state index contributed by atoms with van der Waals surface area (Å²) in [6, 6.07) is 13.2. The Balaban J connectivity index is 1.44. The predicted molar refractivity (Wildman–Crippen MR) is 115 cm³/mol. The number of methoxy groups -OCH3 is 1. The van der Waals surface area contributed by atoms with E-state index in [0.717, 1.165) is 22.3 Å². The first-order chi connectivity index (χ1) is 15.9. The molecule has 172 valence electrons. The molecule has 2 atom stereocenters. The van der Waals surface area contributed by atoms with Crippen LogP contribution in [0.1, 0.15) is 23.5 Å². The van der Waals surface area contributed by atoms with Crippen LogP contribution in [0.2, 0.25) is 0 Å². The van der Waals surface area contributed by atoms with E-state index in [2.05, 4.69) is 10.7 Å². The molecule has 10 nitrogen and oxygen atoms in total. The van der Waals surface area contributed by atoms with E-state index in [-0.39, 0.29) is 25.6 Å². The SMILES string of the molecule is COCC(NC(=O)OCC1c2ccccc2-c2ccccc21)C(=O)N1NC(=O)CC1C(=O)O. The molecule has 2 aromatic rings. The summed E-state index contributed by atoms with van der Waals surface area (Å²) in [6.07, 6.45) is -1.23. The zero-order valence-electron chi connectivity index (χ0n) is 17.8. The summed E-state index contributed by atoms with van der Waals surface area (Å²) in [5.41, 5.74) is 6.46. The van der Waals surface area contributed by atoms with E-state index in [1.54, 1.807) is 0 Å². The largest absolute Gasteiger partial charge is 0.480 e. The van der Waals surface area contributed by atoms with E-state index >= 15 is 0 Å². The molecule has 0 saturated carbocycles. The van der Waals surface area contributed by atoms with Gasteiger partial charge in [-0.1, -0.05) is 48.5 Å². The number of alkyl carbamates (subject to hydrolysis) is 1. The summed E-state index contributed by atoms with van der Waals surface area (Å²) in [7, 11) is 1.33. The minimum atomic E-state index is -1.37. The maximum Gasteiger partial charge on any atom is 0.407 e. The lowest BCUT2D eigenvalue weighted by Gasteiger charge is -2.26. The Morgan fingerprint density at radius 2 is 1.73 bits per heavy atom. The van der Waals surface area contributed by atoms with Crippen LogP contribution in [0, 0.1) is 0 Å². The minimum Gasteiger partial charge on any atom is -0.480 e. The number of hydrogen-bond donors (Lipinski definition) is 3. The van der Waals surface area contributed by atoms with E-state index in [4.69, 9.17) is 9.47 Å². The number of hydrogen-bond acceptors (Lipinski definition) is 6. The van der Waals surface area contributed by atoms with E-state index in [1.807, 2.05) is 48.5 Å². The summed E-state index contributed by atoms with van der Waals surface area (Å²) < 4.78 is 10.4. The number of amides is 3. The summed E-state index contributed by atoms with van der Waals surface area (Å²) in [4.78, 5) is 48.4. The third-order valence-corrected chi connectivity index (χ3v) is 5.73. The Labute approximate surface area is 189 Å². The van der Waals surface area contributed by atoms with Gasteiger partial charge in [0, 0.05) is 13.0 Å². The fourth-order valence-electron chi connectivity index (χ4n) is 4.22. The molecule has 3 amide bonds. The van der Waals surface area contributed by atoms with Crippen molar-refractivity contribution < 1.29 is 33.8 Å². The number of carbonyl (C=O) groups is 4. The number of nitrogens with one attached hydrogen (secondary N) is 2. The maximum atomic E-state index is 12.8. The first-order valence-electron chi connectivity index (χ1n) is 10.4. The topological polar surface area (TPSA) is 134 Å². The van der Waals surface area contributed by atoms with Gasteiger partial charge in [0.1, 0.15) is 12.6 Å². The minimum absolute atomic E-state index is 0.0476. The number of benzene rings is 2. The monoisotopic (exact) mass is 453 g/mol. The Morgan fingerprint density at radius 3 is 2.30 bits per heavy atom. The van der Waals surface area contributed by atoms with E-state index in [9.17, 15) is 24.3 Å². The van der Waals surface area contributed by atoms with Crippen molar-refractivity contribution in [3.05, 3.63) is 59.7 Å². The van der Waals surface area contributed by atoms with Gasteiger partial charge in [0.25, 0.3) is 5.91 Å². The van der Waals surface area contributed by atoms with E-state index in [0.29, 0.717) is 5.01 Å². The van der Waals surface area contributed by atoms with Crippen LogP contribution in [0.25, 0.3) is 11.1 Å². The number of rotatable bonds is 7. The molecular formula is C23H23N3O7. The second-order valence-electron chi connectivity index (χ2n) is 7.78. The molecule has 0 spiro atoms. The highest BCUT2D eigenvalue weighted by Crippen LogP contribution is 2.44. The Bertz CT molecular complexity index is 1060. The quantitative estimate of drug-likeness (QED) is 0.574. The summed E-state index contributed by atoms with van der Waals surface area (Å²) in [5.74, 6) is -2.91. The number of carbonyl (C=O) groups excluding carboxylic acids is 3. The molecule has 3 N–H and O–H groups in total. The molecule has 33 heavy (non-hydrogen) atoms. The first-order valence-corrected chi connectivity index (χ1v) is 10.4. The third-order valence-electron chi connectivity index (χ3n) is 5.73. The molecule has 1 aliphatic heterocycles. The lowest BCUT2D eigenvalue weighted by Crippen LogP contribution is -2.56. The zero-order chi connectivity index (χ0) is 23.5. The van der Waals surface area contributed by atoms with Crippen molar-refractivity contribution in [1.82, 2.24) is 15.8 Å². The summed E-state index contributed by atoms with van der Waals surface area (Å²) in [6.45, 7) is -0.187. The standard InChI is InChI=1S/C23H23N3O7/c1-32-12-18(21(28)26-19(22(29)30)10-20(27)25-26)24-23(31)33-11-17-15-8-4-2-6-13(15)14-7-3-5-9-16(14)17/h2-9,17-19H,10-12H2,1H3,(H,24,31)(H,25,27)(H,29,30). The molecule has 0 aromatic heterocycles. The second-order valence-corrected chi connectivity index (χ2v) is 7.78. The molecule has 2 aliphatic rings. The van der Waals surface area contributed by atoms with E-state index in [1.165, 1.54) is 7.11 Å². The van der Waals surface area contributed by atoms with Crippen molar-refractivity contribution in [3.63, 3.8) is 0 Å². The molecule has 0 bridgehead atoms. The highest BCUT2D eigenvalue weighted by molar-refractivity contribution is 5.96. The molecule has 2 aromatic carbocycles. The molecule has 2 unspecified atom stereocenters. The first kappa shape index (κ1) is 22.3. The normalized spacial score (nSPS) is 17.7. The van der Waals surface area contributed by atoms with Gasteiger partial charge < -0.3 is 19.9 Å². The number of carboxylic acids is 1. The average molecular weight is 453 g/mol. The molecule has 1 aliphatic carbocycles. The summed E-state index contributed by atoms with van der Waals surface area (Å²) >= 11 is 0. The average Bonchev–Trinajstić information content (AvgIpc) is 3.35. The number of carboxylic acid groups (broad SMARTS) is 1. The van der Waals surface area contributed by atoms with Gasteiger partial charge in [-0.15, -0.1) is 0 Å².